The van der Waals surface area contributed by atoms with Crippen LogP contribution in [0.3, 0.4) is 0 Å². The quantitative estimate of drug-likeness (QED) is 0.777. The minimum atomic E-state index is 0.673. The van der Waals surface area contributed by atoms with Gasteiger partial charge in [-0.15, -0.1) is 0 Å². The van der Waals surface area contributed by atoms with Crippen LogP contribution in [0.4, 0.5) is 0 Å². The molecule has 1 aliphatic carbocycles. The normalized spacial score (nSPS) is 18.0. The number of rotatable bonds is 8. The van der Waals surface area contributed by atoms with E-state index < -0.39 is 0 Å². The number of nitrogens with zero attached hydrogens (tertiary/aromatic N) is 2. The van der Waals surface area contributed by atoms with E-state index in [0.29, 0.717) is 6.04 Å². The van der Waals surface area contributed by atoms with E-state index >= 15 is 0 Å². The summed E-state index contributed by atoms with van der Waals surface area (Å²) in [5.41, 5.74) is 1.28. The highest BCUT2D eigenvalue weighted by molar-refractivity contribution is 5.01. The fourth-order valence-electron chi connectivity index (χ4n) is 3.19. The Hall–Kier alpha value is -0.830. The fraction of sp³-hybridized carbons (Fsp3) is 0.812. The number of aromatic nitrogens is 2. The van der Waals surface area contributed by atoms with Crippen molar-refractivity contribution in [3.63, 3.8) is 0 Å². The molecule has 2 rings (SSSR count). The van der Waals surface area contributed by atoms with Crippen molar-refractivity contribution in [1.29, 1.82) is 0 Å². The second-order valence-electron chi connectivity index (χ2n) is 5.89. The molecule has 0 bridgehead atoms. The van der Waals surface area contributed by atoms with Crippen LogP contribution in [0.15, 0.2) is 12.3 Å². The maximum atomic E-state index is 4.81. The summed E-state index contributed by atoms with van der Waals surface area (Å²) < 4.78 is 2.22. The first-order chi connectivity index (χ1) is 9.33. The summed E-state index contributed by atoms with van der Waals surface area (Å²) in [6.45, 7) is 6.64. The summed E-state index contributed by atoms with van der Waals surface area (Å²) in [7, 11) is 0. The van der Waals surface area contributed by atoms with Gasteiger partial charge in [-0.05, 0) is 50.8 Å². The Bertz CT molecular complexity index is 353. The summed E-state index contributed by atoms with van der Waals surface area (Å²) >= 11 is 0. The van der Waals surface area contributed by atoms with Crippen molar-refractivity contribution in [2.24, 2.45) is 5.92 Å². The monoisotopic (exact) mass is 263 g/mol. The van der Waals surface area contributed by atoms with Crippen molar-refractivity contribution in [1.82, 2.24) is 15.1 Å². The molecule has 1 N–H and O–H groups in total. The van der Waals surface area contributed by atoms with Crippen LogP contribution in [0.25, 0.3) is 0 Å². The first-order valence-corrected chi connectivity index (χ1v) is 8.08. The van der Waals surface area contributed by atoms with Crippen molar-refractivity contribution in [3.05, 3.63) is 18.0 Å². The summed E-state index contributed by atoms with van der Waals surface area (Å²) in [6.07, 6.45) is 11.3. The minimum absolute atomic E-state index is 0.673. The second kappa shape index (κ2) is 7.68. The standard InChI is InChI=1S/C16H29N3/c1-3-7-14(13-17-4-2)12-15-10-11-19(18-15)16-8-5-6-9-16/h10-11,14,16-17H,3-9,12-13H2,1-2H3. The van der Waals surface area contributed by atoms with Gasteiger partial charge in [0.25, 0.3) is 0 Å². The van der Waals surface area contributed by atoms with Crippen LogP contribution in [-0.2, 0) is 6.42 Å². The Morgan fingerprint density at radius 1 is 1.37 bits per heavy atom. The smallest absolute Gasteiger partial charge is 0.0627 e. The van der Waals surface area contributed by atoms with E-state index in [2.05, 4.69) is 36.1 Å². The summed E-state index contributed by atoms with van der Waals surface area (Å²) in [5, 5.41) is 8.29. The zero-order valence-corrected chi connectivity index (χ0v) is 12.6. The number of nitrogens with one attached hydrogen (secondary N) is 1. The SMILES string of the molecule is CCCC(CNCC)Cc1ccn(C2CCCC2)n1. The van der Waals surface area contributed by atoms with Crippen LogP contribution in [-0.4, -0.2) is 22.9 Å². The summed E-state index contributed by atoms with van der Waals surface area (Å²) in [5.74, 6) is 0.733. The van der Waals surface area contributed by atoms with E-state index in [0.717, 1.165) is 25.4 Å². The zero-order chi connectivity index (χ0) is 13.5. The molecule has 0 aliphatic heterocycles. The molecule has 1 unspecified atom stereocenters. The maximum absolute atomic E-state index is 4.81. The van der Waals surface area contributed by atoms with Gasteiger partial charge >= 0.3 is 0 Å². The van der Waals surface area contributed by atoms with Gasteiger partial charge in [-0.2, -0.15) is 5.10 Å². The maximum Gasteiger partial charge on any atom is 0.0627 e. The molecule has 0 spiro atoms. The lowest BCUT2D eigenvalue weighted by molar-refractivity contribution is 0.427. The Kier molecular flexibility index (Phi) is 5.90. The lowest BCUT2D eigenvalue weighted by Gasteiger charge is -2.15. The first kappa shape index (κ1) is 14.6. The topological polar surface area (TPSA) is 29.9 Å². The molecule has 19 heavy (non-hydrogen) atoms. The molecular formula is C16H29N3. The lowest BCUT2D eigenvalue weighted by Crippen LogP contribution is -2.24. The van der Waals surface area contributed by atoms with Crippen LogP contribution < -0.4 is 5.32 Å². The van der Waals surface area contributed by atoms with E-state index in [4.69, 9.17) is 5.10 Å². The molecule has 1 aromatic heterocycles. The van der Waals surface area contributed by atoms with Crippen molar-refractivity contribution in [2.75, 3.05) is 13.1 Å². The fourth-order valence-corrected chi connectivity index (χ4v) is 3.19. The van der Waals surface area contributed by atoms with Crippen molar-refractivity contribution in [2.45, 2.75) is 64.8 Å². The molecule has 0 radical (unpaired) electrons. The summed E-state index contributed by atoms with van der Waals surface area (Å²) in [4.78, 5) is 0. The van der Waals surface area contributed by atoms with Gasteiger partial charge in [0.2, 0.25) is 0 Å². The minimum Gasteiger partial charge on any atom is -0.317 e. The number of hydrogen-bond acceptors (Lipinski definition) is 2. The molecule has 1 atom stereocenters. The summed E-state index contributed by atoms with van der Waals surface area (Å²) in [6, 6.07) is 2.90. The molecule has 1 fully saturated rings. The van der Waals surface area contributed by atoms with Crippen LogP contribution in [0.2, 0.25) is 0 Å². The Morgan fingerprint density at radius 2 is 2.16 bits per heavy atom. The molecule has 3 heteroatoms. The Labute approximate surface area is 117 Å². The highest BCUT2D eigenvalue weighted by Crippen LogP contribution is 2.28. The molecular weight excluding hydrogens is 234 g/mol. The Balaban J connectivity index is 1.89. The molecule has 108 valence electrons. The molecule has 1 aliphatic rings. The molecule has 0 saturated heterocycles. The van der Waals surface area contributed by atoms with E-state index in [1.165, 1.54) is 44.2 Å². The van der Waals surface area contributed by atoms with Gasteiger partial charge in [-0.25, -0.2) is 0 Å². The van der Waals surface area contributed by atoms with E-state index in [9.17, 15) is 0 Å². The third-order valence-electron chi connectivity index (χ3n) is 4.24. The average Bonchev–Trinajstić information content (AvgIpc) is 3.06. The van der Waals surface area contributed by atoms with Gasteiger partial charge in [-0.3, -0.25) is 4.68 Å². The van der Waals surface area contributed by atoms with Crippen molar-refractivity contribution in [3.8, 4) is 0 Å². The van der Waals surface area contributed by atoms with Gasteiger partial charge in [0.1, 0.15) is 0 Å². The third kappa shape index (κ3) is 4.34. The van der Waals surface area contributed by atoms with Gasteiger partial charge < -0.3 is 5.32 Å². The van der Waals surface area contributed by atoms with Crippen molar-refractivity contribution >= 4 is 0 Å². The molecule has 1 saturated carbocycles. The predicted octanol–water partition coefficient (Wildman–Crippen LogP) is 3.57. The van der Waals surface area contributed by atoms with Gasteiger partial charge in [-0.1, -0.05) is 33.1 Å². The van der Waals surface area contributed by atoms with E-state index in [1.54, 1.807) is 0 Å². The second-order valence-corrected chi connectivity index (χ2v) is 5.89. The molecule has 0 amide bonds. The lowest BCUT2D eigenvalue weighted by atomic mass is 9.98. The van der Waals surface area contributed by atoms with E-state index in [-0.39, 0.29) is 0 Å². The van der Waals surface area contributed by atoms with E-state index in [1.807, 2.05) is 0 Å². The highest BCUT2D eigenvalue weighted by Gasteiger charge is 2.18. The van der Waals surface area contributed by atoms with Gasteiger partial charge in [0.05, 0.1) is 11.7 Å². The molecule has 3 nitrogen and oxygen atoms in total. The number of hydrogen-bond donors (Lipinski definition) is 1. The van der Waals surface area contributed by atoms with Gasteiger partial charge in [0.15, 0.2) is 0 Å². The zero-order valence-electron chi connectivity index (χ0n) is 12.6. The van der Waals surface area contributed by atoms with Gasteiger partial charge in [0, 0.05) is 6.20 Å². The average molecular weight is 263 g/mol. The molecule has 1 heterocycles. The van der Waals surface area contributed by atoms with Crippen LogP contribution in [0, 0.1) is 5.92 Å². The Morgan fingerprint density at radius 3 is 2.84 bits per heavy atom. The first-order valence-electron chi connectivity index (χ1n) is 8.08. The van der Waals surface area contributed by atoms with Crippen LogP contribution in [0.5, 0.6) is 0 Å². The van der Waals surface area contributed by atoms with Crippen LogP contribution in [0.1, 0.15) is 64.1 Å². The largest absolute Gasteiger partial charge is 0.317 e. The molecule has 0 aromatic carbocycles. The highest BCUT2D eigenvalue weighted by atomic mass is 15.3. The third-order valence-corrected chi connectivity index (χ3v) is 4.24. The van der Waals surface area contributed by atoms with Crippen molar-refractivity contribution < 1.29 is 0 Å². The predicted molar refractivity (Wildman–Crippen MR) is 80.4 cm³/mol. The van der Waals surface area contributed by atoms with Crippen LogP contribution >= 0.6 is 0 Å². The molecule has 1 aromatic rings.